The predicted molar refractivity (Wildman–Crippen MR) is 142 cm³/mol. The number of sulfonamides is 1. The van der Waals surface area contributed by atoms with E-state index in [1.165, 1.54) is 15.6 Å². The number of carbonyl (C=O) groups is 1. The Morgan fingerprint density at radius 3 is 2.47 bits per heavy atom. The largest absolute Gasteiger partial charge is 0.467 e. The summed E-state index contributed by atoms with van der Waals surface area (Å²) in [6.45, 7) is 6.92. The molecule has 9 heteroatoms. The van der Waals surface area contributed by atoms with Crippen LogP contribution < -0.4 is 4.90 Å². The number of amides is 1. The van der Waals surface area contributed by atoms with Crippen LogP contribution in [0.15, 0.2) is 64.1 Å². The minimum atomic E-state index is -3.58. The second kappa shape index (κ2) is 9.80. The normalized spacial score (nSPS) is 15.4. The molecule has 0 atom stereocenters. The van der Waals surface area contributed by atoms with Gasteiger partial charge in [0.1, 0.15) is 5.76 Å². The molecule has 1 fully saturated rings. The summed E-state index contributed by atoms with van der Waals surface area (Å²) in [7, 11) is -3.58. The number of carbonyl (C=O) groups excluding carboxylic acids is 1. The molecule has 36 heavy (non-hydrogen) atoms. The Bertz CT molecular complexity index is 1480. The van der Waals surface area contributed by atoms with Crippen molar-refractivity contribution in [3.63, 3.8) is 0 Å². The molecule has 1 aliphatic rings. The van der Waals surface area contributed by atoms with Crippen LogP contribution in [0.4, 0.5) is 5.13 Å². The Morgan fingerprint density at radius 1 is 1.08 bits per heavy atom. The number of rotatable bonds is 6. The first-order chi connectivity index (χ1) is 17.2. The molecular formula is C27H29N3O4S2. The molecule has 3 heterocycles. The van der Waals surface area contributed by atoms with Gasteiger partial charge in [-0.05, 0) is 75.1 Å². The van der Waals surface area contributed by atoms with E-state index in [1.54, 1.807) is 41.5 Å². The highest BCUT2D eigenvalue weighted by atomic mass is 32.2. The minimum Gasteiger partial charge on any atom is -0.467 e. The zero-order chi connectivity index (χ0) is 25.4. The fraction of sp³-hybridized carbons (Fsp3) is 0.333. The lowest BCUT2D eigenvalue weighted by Crippen LogP contribution is -2.44. The van der Waals surface area contributed by atoms with Crippen LogP contribution in [-0.4, -0.2) is 36.7 Å². The monoisotopic (exact) mass is 523 g/mol. The highest BCUT2D eigenvalue weighted by Crippen LogP contribution is 2.35. The third kappa shape index (κ3) is 4.70. The number of aromatic nitrogens is 1. The van der Waals surface area contributed by atoms with Gasteiger partial charge < -0.3 is 4.42 Å². The number of thiazole rings is 1. The van der Waals surface area contributed by atoms with Gasteiger partial charge >= 0.3 is 0 Å². The number of anilines is 1. The van der Waals surface area contributed by atoms with Crippen molar-refractivity contribution in [1.29, 1.82) is 0 Å². The summed E-state index contributed by atoms with van der Waals surface area (Å²) in [6.07, 6.45) is 2.52. The van der Waals surface area contributed by atoms with Crippen molar-refractivity contribution in [2.24, 2.45) is 5.92 Å². The van der Waals surface area contributed by atoms with Gasteiger partial charge in [-0.3, -0.25) is 9.69 Å². The van der Waals surface area contributed by atoms with Gasteiger partial charge in [-0.2, -0.15) is 4.31 Å². The fourth-order valence-corrected chi connectivity index (χ4v) is 7.05. The SMILES string of the molecule is Cc1ccc(S(=O)(=O)N2CCC(C(=O)N(Cc3ccco3)c3nc4c(C)c(C)ccc4s3)CC2)cc1. The van der Waals surface area contributed by atoms with Crippen molar-refractivity contribution in [2.75, 3.05) is 18.0 Å². The molecule has 0 spiro atoms. The zero-order valence-corrected chi connectivity index (χ0v) is 22.2. The molecule has 188 valence electrons. The topological polar surface area (TPSA) is 83.7 Å². The number of furan rings is 1. The van der Waals surface area contributed by atoms with Crippen molar-refractivity contribution in [1.82, 2.24) is 9.29 Å². The first-order valence-corrected chi connectivity index (χ1v) is 14.3. The van der Waals surface area contributed by atoms with Gasteiger partial charge in [0.2, 0.25) is 15.9 Å². The lowest BCUT2D eigenvalue weighted by Gasteiger charge is -2.32. The zero-order valence-electron chi connectivity index (χ0n) is 20.6. The lowest BCUT2D eigenvalue weighted by atomic mass is 9.96. The predicted octanol–water partition coefficient (Wildman–Crippen LogP) is 5.45. The van der Waals surface area contributed by atoms with E-state index in [4.69, 9.17) is 9.40 Å². The van der Waals surface area contributed by atoms with E-state index in [0.29, 0.717) is 36.8 Å². The molecule has 2 aromatic carbocycles. The van der Waals surface area contributed by atoms with Crippen LogP contribution in [-0.2, 0) is 21.4 Å². The average molecular weight is 524 g/mol. The Balaban J connectivity index is 1.37. The van der Waals surface area contributed by atoms with Crippen LogP contribution in [0.1, 0.15) is 35.3 Å². The first-order valence-electron chi connectivity index (χ1n) is 12.0. The average Bonchev–Trinajstić information content (AvgIpc) is 3.55. The van der Waals surface area contributed by atoms with Crippen LogP contribution >= 0.6 is 11.3 Å². The molecule has 0 saturated carbocycles. The molecule has 0 unspecified atom stereocenters. The van der Waals surface area contributed by atoms with Crippen LogP contribution in [0.25, 0.3) is 10.2 Å². The van der Waals surface area contributed by atoms with Crippen LogP contribution in [0.5, 0.6) is 0 Å². The summed E-state index contributed by atoms with van der Waals surface area (Å²) in [5.74, 6) is 0.335. The lowest BCUT2D eigenvalue weighted by molar-refractivity contribution is -0.123. The van der Waals surface area contributed by atoms with Crippen LogP contribution in [0.3, 0.4) is 0 Å². The molecule has 1 aliphatic heterocycles. The molecule has 0 radical (unpaired) electrons. The molecule has 5 rings (SSSR count). The fourth-order valence-electron chi connectivity index (χ4n) is 4.55. The number of fused-ring (bicyclic) bond motifs is 1. The molecule has 2 aromatic heterocycles. The standard InChI is InChI=1S/C27H29N3O4S2/c1-18-6-9-23(10-7-18)36(32,33)29-14-12-21(13-15-29)26(31)30(17-22-5-4-16-34-22)27-28-25-20(3)19(2)8-11-24(25)35-27/h4-11,16,21H,12-15,17H2,1-3H3. The van der Waals surface area contributed by atoms with Crippen molar-refractivity contribution in [2.45, 2.75) is 45.1 Å². The Kier molecular flexibility index (Phi) is 6.72. The van der Waals surface area contributed by atoms with Gasteiger partial charge in [0.05, 0.1) is 27.9 Å². The Labute approximate surface area is 215 Å². The van der Waals surface area contributed by atoms with Crippen molar-refractivity contribution in [3.8, 4) is 0 Å². The van der Waals surface area contributed by atoms with E-state index in [1.807, 2.05) is 26.0 Å². The number of benzene rings is 2. The van der Waals surface area contributed by atoms with E-state index in [0.717, 1.165) is 26.9 Å². The molecule has 1 saturated heterocycles. The van der Waals surface area contributed by atoms with E-state index in [-0.39, 0.29) is 23.3 Å². The van der Waals surface area contributed by atoms with E-state index >= 15 is 0 Å². The molecule has 4 aromatic rings. The van der Waals surface area contributed by atoms with Gasteiger partial charge in [0.25, 0.3) is 0 Å². The van der Waals surface area contributed by atoms with Gasteiger partial charge in [-0.1, -0.05) is 35.1 Å². The second-order valence-corrected chi connectivity index (χ2v) is 12.3. The number of piperidine rings is 1. The first kappa shape index (κ1) is 24.7. The molecule has 7 nitrogen and oxygen atoms in total. The number of nitrogens with zero attached hydrogens (tertiary/aromatic N) is 3. The van der Waals surface area contributed by atoms with Gasteiger partial charge in [0, 0.05) is 19.0 Å². The quantitative estimate of drug-likeness (QED) is 0.336. The van der Waals surface area contributed by atoms with E-state index < -0.39 is 10.0 Å². The van der Waals surface area contributed by atoms with Crippen molar-refractivity contribution < 1.29 is 17.6 Å². The molecular weight excluding hydrogens is 494 g/mol. The maximum Gasteiger partial charge on any atom is 0.243 e. The van der Waals surface area contributed by atoms with Gasteiger partial charge in [0.15, 0.2) is 5.13 Å². The van der Waals surface area contributed by atoms with Crippen molar-refractivity contribution in [3.05, 3.63) is 77.2 Å². The molecule has 0 N–H and O–H groups in total. The third-order valence-corrected chi connectivity index (χ3v) is 9.88. The maximum absolute atomic E-state index is 13.8. The van der Waals surface area contributed by atoms with Gasteiger partial charge in [-0.15, -0.1) is 0 Å². The van der Waals surface area contributed by atoms with Crippen LogP contribution in [0, 0.1) is 26.7 Å². The maximum atomic E-state index is 13.8. The summed E-state index contributed by atoms with van der Waals surface area (Å²) < 4.78 is 34.3. The number of hydrogen-bond donors (Lipinski definition) is 0. The second-order valence-electron chi connectivity index (χ2n) is 9.35. The summed E-state index contributed by atoms with van der Waals surface area (Å²) in [5, 5.41) is 0.634. The highest BCUT2D eigenvalue weighted by molar-refractivity contribution is 7.89. The number of hydrogen-bond acceptors (Lipinski definition) is 6. The summed E-state index contributed by atoms with van der Waals surface area (Å²) >= 11 is 1.49. The van der Waals surface area contributed by atoms with Gasteiger partial charge in [-0.25, -0.2) is 13.4 Å². The molecule has 1 amide bonds. The Morgan fingerprint density at radius 2 is 1.81 bits per heavy atom. The number of aryl methyl sites for hydroxylation is 3. The van der Waals surface area contributed by atoms with Crippen molar-refractivity contribution >= 4 is 42.6 Å². The van der Waals surface area contributed by atoms with E-state index in [2.05, 4.69) is 13.0 Å². The Hall–Kier alpha value is -3.01. The third-order valence-electron chi connectivity index (χ3n) is 6.93. The highest BCUT2D eigenvalue weighted by Gasteiger charge is 2.35. The summed E-state index contributed by atoms with van der Waals surface area (Å²) in [5.41, 5.74) is 4.18. The smallest absolute Gasteiger partial charge is 0.243 e. The van der Waals surface area contributed by atoms with E-state index in [9.17, 15) is 13.2 Å². The summed E-state index contributed by atoms with van der Waals surface area (Å²) in [4.78, 5) is 20.6. The molecule has 0 bridgehead atoms. The molecule has 0 aliphatic carbocycles. The minimum absolute atomic E-state index is 0.0489. The van der Waals surface area contributed by atoms with Crippen LogP contribution in [0.2, 0.25) is 0 Å². The summed E-state index contributed by atoms with van der Waals surface area (Å²) in [6, 6.07) is 14.7.